The molecular weight excluding hydrogens is 341 g/mol. The minimum atomic E-state index is -0.336. The summed E-state index contributed by atoms with van der Waals surface area (Å²) >= 11 is 5.29. The van der Waals surface area contributed by atoms with Crippen molar-refractivity contribution in [2.75, 3.05) is 13.7 Å². The molecule has 0 bridgehead atoms. The van der Waals surface area contributed by atoms with E-state index in [-0.39, 0.29) is 17.6 Å². The fraction of sp³-hybridized carbons (Fsp3) is 0.333. The van der Waals surface area contributed by atoms with Crippen molar-refractivity contribution < 1.29 is 9.13 Å². The summed E-state index contributed by atoms with van der Waals surface area (Å²) in [6.07, 6.45) is 0. The molecule has 20 heavy (non-hydrogen) atoms. The Labute approximate surface area is 131 Å². The molecular formula is C15H17BrFNOS. The van der Waals surface area contributed by atoms with Crippen molar-refractivity contribution in [2.45, 2.75) is 19.9 Å². The molecule has 2 nitrogen and oxygen atoms in total. The van der Waals surface area contributed by atoms with E-state index in [0.717, 1.165) is 21.5 Å². The Hall–Kier alpha value is -0.910. The van der Waals surface area contributed by atoms with Crippen LogP contribution in [-0.2, 0) is 0 Å². The first-order valence-corrected chi connectivity index (χ1v) is 8.00. The number of nitrogens with one attached hydrogen (secondary N) is 1. The minimum Gasteiger partial charge on any atom is -0.494 e. The van der Waals surface area contributed by atoms with Crippen molar-refractivity contribution in [3.63, 3.8) is 0 Å². The van der Waals surface area contributed by atoms with Crippen LogP contribution in [0.4, 0.5) is 4.39 Å². The molecule has 0 aliphatic heterocycles. The lowest BCUT2D eigenvalue weighted by Gasteiger charge is -2.18. The summed E-state index contributed by atoms with van der Waals surface area (Å²) in [6.45, 7) is 4.92. The predicted octanol–water partition coefficient (Wildman–Crippen LogP) is 4.67. The number of rotatable bonds is 5. The highest BCUT2D eigenvalue weighted by molar-refractivity contribution is 9.10. The third-order valence-electron chi connectivity index (χ3n) is 3.02. The average molecular weight is 358 g/mol. The van der Waals surface area contributed by atoms with Crippen molar-refractivity contribution in [1.82, 2.24) is 5.32 Å². The van der Waals surface area contributed by atoms with E-state index in [9.17, 15) is 4.39 Å². The smallest absolute Gasteiger partial charge is 0.165 e. The van der Waals surface area contributed by atoms with E-state index in [1.54, 1.807) is 17.4 Å². The molecule has 1 unspecified atom stereocenters. The summed E-state index contributed by atoms with van der Waals surface area (Å²) in [5.74, 6) is -0.0669. The number of aryl methyl sites for hydroxylation is 1. The number of ether oxygens (including phenoxy) is 1. The van der Waals surface area contributed by atoms with E-state index in [1.165, 1.54) is 18.1 Å². The van der Waals surface area contributed by atoms with Gasteiger partial charge in [0.1, 0.15) is 0 Å². The third kappa shape index (κ3) is 3.22. The van der Waals surface area contributed by atoms with Gasteiger partial charge in [0.15, 0.2) is 11.6 Å². The van der Waals surface area contributed by atoms with Gasteiger partial charge < -0.3 is 10.1 Å². The summed E-state index contributed by atoms with van der Waals surface area (Å²) in [5.41, 5.74) is 0.896. The van der Waals surface area contributed by atoms with Crippen molar-refractivity contribution in [1.29, 1.82) is 0 Å². The largest absolute Gasteiger partial charge is 0.494 e. The van der Waals surface area contributed by atoms with Crippen LogP contribution >= 0.6 is 27.3 Å². The molecule has 2 rings (SSSR count). The fourth-order valence-corrected chi connectivity index (χ4v) is 4.11. The maximum atomic E-state index is 13.9. The second kappa shape index (κ2) is 6.70. The topological polar surface area (TPSA) is 21.3 Å². The Kier molecular flexibility index (Phi) is 5.18. The lowest BCUT2D eigenvalue weighted by atomic mass is 10.0. The number of hydrogen-bond acceptors (Lipinski definition) is 3. The standard InChI is InChI=1S/C15H17BrFNOS/c1-4-18-14(15-11(16)7-9(2)20-15)10-5-6-13(19-3)12(17)8-10/h5-8,14,18H,4H2,1-3H3. The maximum Gasteiger partial charge on any atom is 0.165 e. The van der Waals surface area contributed by atoms with Gasteiger partial charge in [0.25, 0.3) is 0 Å². The predicted molar refractivity (Wildman–Crippen MR) is 85.2 cm³/mol. The summed E-state index contributed by atoms with van der Waals surface area (Å²) in [4.78, 5) is 2.39. The van der Waals surface area contributed by atoms with E-state index >= 15 is 0 Å². The number of methoxy groups -OCH3 is 1. The molecule has 0 amide bonds. The van der Waals surface area contributed by atoms with Crippen LogP contribution in [0.5, 0.6) is 5.75 Å². The van der Waals surface area contributed by atoms with E-state index in [2.05, 4.69) is 34.2 Å². The Morgan fingerprint density at radius 1 is 1.40 bits per heavy atom. The van der Waals surface area contributed by atoms with Crippen LogP contribution in [-0.4, -0.2) is 13.7 Å². The van der Waals surface area contributed by atoms with Gasteiger partial charge >= 0.3 is 0 Å². The first kappa shape index (κ1) is 15.5. The molecule has 5 heteroatoms. The van der Waals surface area contributed by atoms with Crippen LogP contribution in [0.1, 0.15) is 28.3 Å². The highest BCUT2D eigenvalue weighted by atomic mass is 79.9. The average Bonchev–Trinajstić information content (AvgIpc) is 2.74. The first-order valence-electron chi connectivity index (χ1n) is 6.39. The van der Waals surface area contributed by atoms with Crippen LogP contribution in [0.25, 0.3) is 0 Å². The van der Waals surface area contributed by atoms with Crippen LogP contribution in [0.15, 0.2) is 28.7 Å². The van der Waals surface area contributed by atoms with Gasteiger partial charge in [-0.1, -0.05) is 13.0 Å². The highest BCUT2D eigenvalue weighted by Gasteiger charge is 2.19. The van der Waals surface area contributed by atoms with Crippen molar-refractivity contribution in [2.24, 2.45) is 0 Å². The molecule has 1 heterocycles. The van der Waals surface area contributed by atoms with Gasteiger partial charge in [0, 0.05) is 14.2 Å². The first-order chi connectivity index (χ1) is 9.56. The molecule has 1 N–H and O–H groups in total. The Morgan fingerprint density at radius 2 is 2.15 bits per heavy atom. The molecule has 0 spiro atoms. The number of benzene rings is 1. The van der Waals surface area contributed by atoms with Crippen molar-refractivity contribution >= 4 is 27.3 Å². The van der Waals surface area contributed by atoms with Crippen LogP contribution < -0.4 is 10.1 Å². The van der Waals surface area contributed by atoms with Crippen LogP contribution in [0.2, 0.25) is 0 Å². The quantitative estimate of drug-likeness (QED) is 0.839. The van der Waals surface area contributed by atoms with Gasteiger partial charge in [-0.05, 0) is 53.2 Å². The monoisotopic (exact) mass is 357 g/mol. The Bertz CT molecular complexity index is 600. The lowest BCUT2D eigenvalue weighted by molar-refractivity contribution is 0.386. The summed E-state index contributed by atoms with van der Waals surface area (Å²) < 4.78 is 19.9. The van der Waals surface area contributed by atoms with Crippen LogP contribution in [0.3, 0.4) is 0 Å². The second-order valence-corrected chi connectivity index (χ2v) is 6.60. The molecule has 1 atom stereocenters. The molecule has 0 saturated heterocycles. The highest BCUT2D eigenvalue weighted by Crippen LogP contribution is 2.36. The van der Waals surface area contributed by atoms with Gasteiger partial charge in [-0.25, -0.2) is 4.39 Å². The zero-order valence-electron chi connectivity index (χ0n) is 11.7. The molecule has 0 aliphatic rings. The molecule has 2 aromatic rings. The normalized spacial score (nSPS) is 12.4. The van der Waals surface area contributed by atoms with Crippen LogP contribution in [0, 0.1) is 12.7 Å². The summed E-state index contributed by atoms with van der Waals surface area (Å²) in [6, 6.07) is 7.17. The van der Waals surface area contributed by atoms with Gasteiger partial charge in [-0.15, -0.1) is 11.3 Å². The fourth-order valence-electron chi connectivity index (χ4n) is 2.13. The Balaban J connectivity index is 2.43. The number of halogens is 2. The van der Waals surface area contributed by atoms with E-state index < -0.39 is 0 Å². The zero-order valence-corrected chi connectivity index (χ0v) is 14.1. The van der Waals surface area contributed by atoms with E-state index in [4.69, 9.17) is 4.74 Å². The maximum absolute atomic E-state index is 13.9. The lowest BCUT2D eigenvalue weighted by Crippen LogP contribution is -2.21. The second-order valence-electron chi connectivity index (χ2n) is 4.45. The van der Waals surface area contributed by atoms with Crippen molar-refractivity contribution in [3.05, 3.63) is 49.9 Å². The summed E-state index contributed by atoms with van der Waals surface area (Å²) in [5, 5.41) is 3.41. The minimum absolute atomic E-state index is 0.0199. The van der Waals surface area contributed by atoms with E-state index in [0.29, 0.717) is 0 Å². The van der Waals surface area contributed by atoms with Gasteiger partial charge in [0.2, 0.25) is 0 Å². The van der Waals surface area contributed by atoms with Gasteiger partial charge in [-0.2, -0.15) is 0 Å². The molecule has 0 aliphatic carbocycles. The number of thiophene rings is 1. The number of hydrogen-bond donors (Lipinski definition) is 1. The van der Waals surface area contributed by atoms with Crippen molar-refractivity contribution in [3.8, 4) is 5.75 Å². The molecule has 1 aromatic carbocycles. The third-order valence-corrected chi connectivity index (χ3v) is 5.05. The molecule has 0 saturated carbocycles. The molecule has 1 aromatic heterocycles. The van der Waals surface area contributed by atoms with E-state index in [1.807, 2.05) is 13.0 Å². The Morgan fingerprint density at radius 3 is 2.65 bits per heavy atom. The SMILES string of the molecule is CCNC(c1ccc(OC)c(F)c1)c1sc(C)cc1Br. The van der Waals surface area contributed by atoms with Gasteiger partial charge in [-0.3, -0.25) is 0 Å². The van der Waals surface area contributed by atoms with Gasteiger partial charge in [0.05, 0.1) is 13.2 Å². The summed E-state index contributed by atoms with van der Waals surface area (Å²) in [7, 11) is 1.47. The zero-order chi connectivity index (χ0) is 14.7. The molecule has 0 radical (unpaired) electrons. The molecule has 108 valence electrons. The molecule has 0 fully saturated rings.